The predicted molar refractivity (Wildman–Crippen MR) is 83.6 cm³/mol. The Hall–Kier alpha value is -3.27. The van der Waals surface area contributed by atoms with Crippen LogP contribution in [-0.4, -0.2) is 11.9 Å². The Morgan fingerprint density at radius 1 is 0.652 bits per heavy atom. The number of rotatable bonds is 2. The van der Waals surface area contributed by atoms with Gasteiger partial charge in [-0.2, -0.15) is 0 Å². The molecule has 2 aromatic carbocycles. The van der Waals surface area contributed by atoms with Crippen molar-refractivity contribution in [3.8, 4) is 0 Å². The second kappa shape index (κ2) is 8.24. The van der Waals surface area contributed by atoms with Crippen LogP contribution < -0.4 is 9.67 Å². The Balaban J connectivity index is 0.000000185. The van der Waals surface area contributed by atoms with Crippen LogP contribution in [0.15, 0.2) is 91.3 Å². The molecule has 0 saturated heterocycles. The average Bonchev–Trinajstić information content (AvgIpc) is 2.64. The smallest absolute Gasteiger partial charge is 0.424 e. The van der Waals surface area contributed by atoms with Crippen LogP contribution in [-0.2, 0) is 0 Å². The van der Waals surface area contributed by atoms with Crippen molar-refractivity contribution in [2.75, 3.05) is 0 Å². The van der Waals surface area contributed by atoms with Crippen molar-refractivity contribution in [3.63, 3.8) is 0 Å². The van der Waals surface area contributed by atoms with Gasteiger partial charge in [-0.15, -0.1) is 4.57 Å². The molecular weight excluding hydrogens is 290 g/mol. The third-order valence-corrected chi connectivity index (χ3v) is 2.98. The topological polar surface area (TPSA) is 61.1 Å². The van der Waals surface area contributed by atoms with Gasteiger partial charge in [-0.1, -0.05) is 54.6 Å². The maximum Gasteiger partial charge on any atom is 0.424 e. The molecule has 0 aliphatic heterocycles. The zero-order valence-corrected chi connectivity index (χ0v) is 12.3. The van der Waals surface area contributed by atoms with Crippen LogP contribution in [0.3, 0.4) is 0 Å². The largest absolute Gasteiger partial charge is 0.545 e. The molecule has 1 heterocycles. The van der Waals surface area contributed by atoms with Crippen LogP contribution in [0.4, 0.5) is 0 Å². The van der Waals surface area contributed by atoms with Crippen LogP contribution >= 0.6 is 0 Å². The van der Waals surface area contributed by atoms with Gasteiger partial charge in [0, 0.05) is 12.1 Å². The Morgan fingerprint density at radius 2 is 1.09 bits per heavy atom. The molecule has 4 heteroatoms. The van der Waals surface area contributed by atoms with Gasteiger partial charge in [-0.3, -0.25) is 0 Å². The van der Waals surface area contributed by atoms with Gasteiger partial charge >= 0.3 is 5.91 Å². The second-order valence-corrected chi connectivity index (χ2v) is 4.61. The summed E-state index contributed by atoms with van der Waals surface area (Å²) in [6.07, 6.45) is 3.49. The SMILES string of the molecule is O=C([O-])c1ccccc1.O=C(c1ccccc1)[n+]1ccccc1. The summed E-state index contributed by atoms with van der Waals surface area (Å²) in [5, 5.41) is 10.1. The van der Waals surface area contributed by atoms with E-state index in [1.54, 1.807) is 35.2 Å². The zero-order valence-electron chi connectivity index (χ0n) is 12.3. The number of hydrogen-bond acceptors (Lipinski definition) is 3. The lowest BCUT2D eigenvalue weighted by molar-refractivity contribution is -0.570. The van der Waals surface area contributed by atoms with E-state index < -0.39 is 5.97 Å². The van der Waals surface area contributed by atoms with Gasteiger partial charge in [0.1, 0.15) is 0 Å². The van der Waals surface area contributed by atoms with E-state index >= 15 is 0 Å². The molecule has 0 spiro atoms. The van der Waals surface area contributed by atoms with Crippen LogP contribution in [0.5, 0.6) is 0 Å². The van der Waals surface area contributed by atoms with Crippen molar-refractivity contribution in [3.05, 3.63) is 102 Å². The van der Waals surface area contributed by atoms with Gasteiger partial charge in [0.25, 0.3) is 0 Å². The van der Waals surface area contributed by atoms with Crippen LogP contribution in [0.1, 0.15) is 20.7 Å². The Morgan fingerprint density at radius 3 is 1.52 bits per heavy atom. The molecule has 0 atom stereocenters. The monoisotopic (exact) mass is 305 g/mol. The lowest BCUT2D eigenvalue weighted by Crippen LogP contribution is -2.41. The molecule has 1 aromatic heterocycles. The highest BCUT2D eigenvalue weighted by Gasteiger charge is 2.14. The molecule has 0 saturated carbocycles. The van der Waals surface area contributed by atoms with Gasteiger partial charge in [0.15, 0.2) is 12.4 Å². The number of carboxylic acid groups (broad SMARTS) is 1. The number of carboxylic acids is 1. The van der Waals surface area contributed by atoms with Gasteiger partial charge in [-0.25, -0.2) is 4.79 Å². The molecule has 0 fully saturated rings. The minimum atomic E-state index is -1.13. The standard InChI is InChI=1S/C12H10NO.C7H6O2/c14-12(11-7-3-1-4-8-11)13-9-5-2-6-10-13;8-7(9)6-4-2-1-3-5-6/h1-10H;1-5H,(H,8,9)/q+1;/p-1. The Labute approximate surface area is 134 Å². The second-order valence-electron chi connectivity index (χ2n) is 4.61. The number of nitrogens with zero attached hydrogens (tertiary/aromatic N) is 1. The van der Waals surface area contributed by atoms with E-state index in [9.17, 15) is 14.7 Å². The van der Waals surface area contributed by atoms with E-state index in [-0.39, 0.29) is 11.5 Å². The molecule has 4 nitrogen and oxygen atoms in total. The average molecular weight is 305 g/mol. The van der Waals surface area contributed by atoms with E-state index in [1.165, 1.54) is 12.1 Å². The third kappa shape index (κ3) is 4.89. The molecule has 0 aliphatic carbocycles. The maximum atomic E-state index is 11.8. The quantitative estimate of drug-likeness (QED) is 0.677. The molecule has 0 aliphatic rings. The number of benzene rings is 2. The van der Waals surface area contributed by atoms with Crippen LogP contribution in [0, 0.1) is 0 Å². The van der Waals surface area contributed by atoms with E-state index in [2.05, 4.69) is 0 Å². The van der Waals surface area contributed by atoms with Crippen molar-refractivity contribution in [1.82, 2.24) is 0 Å². The highest BCUT2D eigenvalue weighted by molar-refractivity contribution is 5.87. The summed E-state index contributed by atoms with van der Waals surface area (Å²) in [5.74, 6) is -1.14. The molecule has 23 heavy (non-hydrogen) atoms. The first-order valence-electron chi connectivity index (χ1n) is 7.01. The lowest BCUT2D eigenvalue weighted by Gasteiger charge is -1.97. The zero-order chi connectivity index (χ0) is 16.5. The van der Waals surface area contributed by atoms with Gasteiger partial charge < -0.3 is 9.90 Å². The Bertz CT molecular complexity index is 715. The molecule has 0 bridgehead atoms. The number of aromatic nitrogens is 1. The number of carbonyl (C=O) groups is 2. The van der Waals surface area contributed by atoms with Crippen molar-refractivity contribution >= 4 is 11.9 Å². The van der Waals surface area contributed by atoms with E-state index in [0.29, 0.717) is 5.56 Å². The summed E-state index contributed by atoms with van der Waals surface area (Å²) in [6.45, 7) is 0. The number of pyridine rings is 1. The molecular formula is C19H15NO3. The summed E-state index contributed by atoms with van der Waals surface area (Å²) < 4.78 is 1.56. The summed E-state index contributed by atoms with van der Waals surface area (Å²) in [5.41, 5.74) is 0.918. The fourth-order valence-electron chi connectivity index (χ4n) is 1.84. The van der Waals surface area contributed by atoms with E-state index in [4.69, 9.17) is 0 Å². The fraction of sp³-hybridized carbons (Fsp3) is 0. The molecule has 0 N–H and O–H groups in total. The molecule has 0 radical (unpaired) electrons. The number of hydrogen-bond donors (Lipinski definition) is 0. The van der Waals surface area contributed by atoms with Crippen LogP contribution in [0.2, 0.25) is 0 Å². The first-order chi connectivity index (χ1) is 11.2. The highest BCUT2D eigenvalue weighted by Crippen LogP contribution is 1.97. The van der Waals surface area contributed by atoms with Crippen LogP contribution in [0.25, 0.3) is 0 Å². The van der Waals surface area contributed by atoms with Crippen molar-refractivity contribution in [1.29, 1.82) is 0 Å². The molecule has 114 valence electrons. The van der Waals surface area contributed by atoms with E-state index in [1.807, 2.05) is 48.5 Å². The number of aromatic carboxylic acids is 1. The van der Waals surface area contributed by atoms with Gasteiger partial charge in [-0.05, 0) is 17.7 Å². The van der Waals surface area contributed by atoms with Crippen molar-refractivity contribution < 1.29 is 19.3 Å². The highest BCUT2D eigenvalue weighted by atomic mass is 16.4. The first-order valence-corrected chi connectivity index (χ1v) is 7.01. The maximum absolute atomic E-state index is 11.8. The number of carbonyl (C=O) groups excluding carboxylic acids is 2. The first kappa shape index (κ1) is 16.1. The summed E-state index contributed by atoms with van der Waals surface area (Å²) in [4.78, 5) is 21.9. The molecule has 0 unspecified atom stereocenters. The van der Waals surface area contributed by atoms with Gasteiger partial charge in [0.2, 0.25) is 0 Å². The third-order valence-electron chi connectivity index (χ3n) is 2.98. The molecule has 0 amide bonds. The predicted octanol–water partition coefficient (Wildman–Crippen LogP) is 1.71. The minimum Gasteiger partial charge on any atom is -0.545 e. The summed E-state index contributed by atoms with van der Waals surface area (Å²) >= 11 is 0. The molecule has 3 aromatic rings. The summed E-state index contributed by atoms with van der Waals surface area (Å²) in [7, 11) is 0. The molecule has 3 rings (SSSR count). The minimum absolute atomic E-state index is 0.00815. The normalized spacial score (nSPS) is 9.39. The van der Waals surface area contributed by atoms with E-state index in [0.717, 1.165) is 0 Å². The summed E-state index contributed by atoms with van der Waals surface area (Å²) in [6, 6.07) is 22.8. The fourth-order valence-corrected chi connectivity index (χ4v) is 1.84. The lowest BCUT2D eigenvalue weighted by atomic mass is 10.2. The van der Waals surface area contributed by atoms with Gasteiger partial charge in [0.05, 0.1) is 11.5 Å². The Kier molecular flexibility index (Phi) is 5.77. The van der Waals surface area contributed by atoms with Crippen molar-refractivity contribution in [2.24, 2.45) is 0 Å². The van der Waals surface area contributed by atoms with Crippen molar-refractivity contribution in [2.45, 2.75) is 0 Å².